The molecular formula is C27H27F2N3O2. The van der Waals surface area contributed by atoms with Crippen LogP contribution < -0.4 is 10.6 Å². The number of ketones is 1. The zero-order valence-electron chi connectivity index (χ0n) is 18.8. The second-order valence-electron chi connectivity index (χ2n) is 8.58. The molecule has 0 atom stereocenters. The summed E-state index contributed by atoms with van der Waals surface area (Å²) in [5.41, 5.74) is 1.76. The summed E-state index contributed by atoms with van der Waals surface area (Å²) in [6.07, 6.45) is 3.11. The number of hydrogen-bond donors (Lipinski definition) is 2. The summed E-state index contributed by atoms with van der Waals surface area (Å²) < 4.78 is 27.2. The van der Waals surface area contributed by atoms with E-state index < -0.39 is 17.7 Å². The minimum absolute atomic E-state index is 0.102. The Labute approximate surface area is 197 Å². The molecule has 5 nitrogen and oxygen atoms in total. The van der Waals surface area contributed by atoms with Gasteiger partial charge in [0.15, 0.2) is 5.78 Å². The van der Waals surface area contributed by atoms with Gasteiger partial charge in [0.05, 0.1) is 17.9 Å². The summed E-state index contributed by atoms with van der Waals surface area (Å²) in [5, 5.41) is 4.86. The van der Waals surface area contributed by atoms with Crippen LogP contribution in [0.3, 0.4) is 0 Å². The molecule has 2 N–H and O–H groups in total. The summed E-state index contributed by atoms with van der Waals surface area (Å²) in [7, 11) is 0. The maximum Gasteiger partial charge on any atom is 0.323 e. The highest BCUT2D eigenvalue weighted by atomic mass is 19.1. The molecule has 1 saturated heterocycles. The van der Waals surface area contributed by atoms with Gasteiger partial charge in [0.1, 0.15) is 11.6 Å². The van der Waals surface area contributed by atoms with E-state index in [1.54, 1.807) is 24.3 Å². The lowest BCUT2D eigenvalue weighted by atomic mass is 9.90. The minimum Gasteiger partial charge on any atom is -0.307 e. The number of halogens is 2. The molecule has 0 aliphatic carbocycles. The molecule has 0 aromatic heterocycles. The Balaban J connectivity index is 1.33. The van der Waals surface area contributed by atoms with Crippen molar-refractivity contribution >= 4 is 23.2 Å². The summed E-state index contributed by atoms with van der Waals surface area (Å²) in [6, 6.07) is 19.2. The van der Waals surface area contributed by atoms with Gasteiger partial charge in [0.2, 0.25) is 0 Å². The third kappa shape index (κ3) is 6.26. The maximum atomic E-state index is 13.8. The number of likely N-dealkylation sites (tertiary alicyclic amines) is 1. The number of piperidine rings is 1. The number of urea groups is 1. The number of nitrogens with zero attached hydrogens (tertiary/aromatic N) is 1. The molecule has 4 rings (SSSR count). The monoisotopic (exact) mass is 463 g/mol. The fraction of sp³-hybridized carbons (Fsp3) is 0.259. The van der Waals surface area contributed by atoms with Crippen molar-refractivity contribution in [2.75, 3.05) is 30.3 Å². The first kappa shape index (κ1) is 23.6. The number of para-hydroxylation sites is 1. The number of anilines is 2. The highest BCUT2D eigenvalue weighted by molar-refractivity contribution is 6.08. The van der Waals surface area contributed by atoms with Crippen LogP contribution in [-0.2, 0) is 6.42 Å². The molecule has 3 aromatic carbocycles. The van der Waals surface area contributed by atoms with E-state index in [1.165, 1.54) is 5.56 Å². The number of hydrogen-bond acceptors (Lipinski definition) is 3. The molecule has 0 unspecified atom stereocenters. The molecule has 34 heavy (non-hydrogen) atoms. The van der Waals surface area contributed by atoms with Gasteiger partial charge in [-0.25, -0.2) is 13.6 Å². The van der Waals surface area contributed by atoms with Crippen LogP contribution in [-0.4, -0.2) is 36.3 Å². The third-order valence-corrected chi connectivity index (χ3v) is 6.09. The Morgan fingerprint density at radius 1 is 0.853 bits per heavy atom. The molecule has 1 aliphatic heterocycles. The van der Waals surface area contributed by atoms with E-state index in [-0.39, 0.29) is 18.0 Å². The predicted molar refractivity (Wildman–Crippen MR) is 129 cm³/mol. The quantitative estimate of drug-likeness (QED) is 0.439. The normalized spacial score (nSPS) is 14.5. The van der Waals surface area contributed by atoms with Crippen LogP contribution in [0.2, 0.25) is 0 Å². The number of benzene rings is 3. The first-order chi connectivity index (χ1) is 16.5. The predicted octanol–water partition coefficient (Wildman–Crippen LogP) is 5.75. The van der Waals surface area contributed by atoms with Gasteiger partial charge in [0.25, 0.3) is 0 Å². The van der Waals surface area contributed by atoms with Gasteiger partial charge in [-0.05, 0) is 68.1 Å². The lowest BCUT2D eigenvalue weighted by Crippen LogP contribution is -2.38. The summed E-state index contributed by atoms with van der Waals surface area (Å²) >= 11 is 0. The van der Waals surface area contributed by atoms with E-state index in [4.69, 9.17) is 0 Å². The minimum atomic E-state index is -0.758. The van der Waals surface area contributed by atoms with Crippen molar-refractivity contribution in [2.24, 2.45) is 5.92 Å². The van der Waals surface area contributed by atoms with Crippen molar-refractivity contribution in [3.8, 4) is 0 Å². The fourth-order valence-corrected chi connectivity index (χ4v) is 4.29. The Morgan fingerprint density at radius 3 is 2.29 bits per heavy atom. The van der Waals surface area contributed by atoms with Gasteiger partial charge in [-0.2, -0.15) is 0 Å². The van der Waals surface area contributed by atoms with Crippen molar-refractivity contribution in [3.05, 3.63) is 95.6 Å². The lowest BCUT2D eigenvalue weighted by Gasteiger charge is -2.31. The van der Waals surface area contributed by atoms with E-state index in [9.17, 15) is 18.4 Å². The molecule has 2 amide bonds. The van der Waals surface area contributed by atoms with Gasteiger partial charge < -0.3 is 10.6 Å². The van der Waals surface area contributed by atoms with Gasteiger partial charge in [0, 0.05) is 11.6 Å². The van der Waals surface area contributed by atoms with Gasteiger partial charge in [-0.15, -0.1) is 0 Å². The molecule has 0 spiro atoms. The smallest absolute Gasteiger partial charge is 0.307 e. The maximum absolute atomic E-state index is 13.8. The van der Waals surface area contributed by atoms with Crippen molar-refractivity contribution in [1.82, 2.24) is 4.90 Å². The SMILES string of the molecule is O=C(Nc1cc(F)ccc1F)Nc1ccccc1C(=O)CN1CCC(Cc2ccccc2)CC1. The molecule has 176 valence electrons. The molecule has 3 aromatic rings. The summed E-state index contributed by atoms with van der Waals surface area (Å²) in [6.45, 7) is 1.95. The third-order valence-electron chi connectivity index (χ3n) is 6.09. The average molecular weight is 464 g/mol. The molecule has 1 aliphatic rings. The molecular weight excluding hydrogens is 436 g/mol. The Bertz CT molecular complexity index is 1150. The van der Waals surface area contributed by atoms with Gasteiger partial charge in [-0.1, -0.05) is 42.5 Å². The van der Waals surface area contributed by atoms with Crippen LogP contribution in [0.4, 0.5) is 25.0 Å². The topological polar surface area (TPSA) is 61.4 Å². The number of rotatable bonds is 7. The molecule has 7 heteroatoms. The number of amides is 2. The summed E-state index contributed by atoms with van der Waals surface area (Å²) in [5.74, 6) is -0.916. The number of carbonyl (C=O) groups excluding carboxylic acids is 2. The molecule has 0 saturated carbocycles. The highest BCUT2D eigenvalue weighted by Crippen LogP contribution is 2.23. The zero-order chi connectivity index (χ0) is 23.9. The van der Waals surface area contributed by atoms with Crippen LogP contribution in [0.1, 0.15) is 28.8 Å². The highest BCUT2D eigenvalue weighted by Gasteiger charge is 2.23. The number of carbonyl (C=O) groups is 2. The summed E-state index contributed by atoms with van der Waals surface area (Å²) in [4.78, 5) is 27.5. The molecule has 0 bridgehead atoms. The van der Waals surface area contributed by atoms with Crippen LogP contribution >= 0.6 is 0 Å². The Morgan fingerprint density at radius 2 is 1.53 bits per heavy atom. The van der Waals surface area contributed by atoms with Crippen LogP contribution in [0.15, 0.2) is 72.8 Å². The van der Waals surface area contributed by atoms with E-state index in [1.807, 2.05) is 6.07 Å². The Hall–Kier alpha value is -3.58. The number of Topliss-reactive ketones (excluding diaryl/α,β-unsaturated/α-hetero) is 1. The second kappa shape index (κ2) is 11.0. The van der Waals surface area contributed by atoms with Crippen molar-refractivity contribution in [1.29, 1.82) is 0 Å². The number of nitrogens with one attached hydrogen (secondary N) is 2. The average Bonchev–Trinajstić information content (AvgIpc) is 2.83. The van der Waals surface area contributed by atoms with E-state index in [2.05, 4.69) is 39.8 Å². The Kier molecular flexibility index (Phi) is 7.65. The van der Waals surface area contributed by atoms with Crippen molar-refractivity contribution in [3.63, 3.8) is 0 Å². The van der Waals surface area contributed by atoms with Crippen molar-refractivity contribution < 1.29 is 18.4 Å². The second-order valence-corrected chi connectivity index (χ2v) is 8.58. The molecule has 0 radical (unpaired) electrons. The van der Waals surface area contributed by atoms with Crippen LogP contribution in [0.25, 0.3) is 0 Å². The van der Waals surface area contributed by atoms with E-state index in [0.717, 1.165) is 50.6 Å². The standard InChI is InChI=1S/C27H27F2N3O2/c28-21-10-11-23(29)25(17-21)31-27(34)30-24-9-5-4-8-22(24)26(33)18-32-14-12-20(13-15-32)16-19-6-2-1-3-7-19/h1-11,17,20H,12-16,18H2,(H2,30,31,34). The zero-order valence-corrected chi connectivity index (χ0v) is 18.8. The largest absolute Gasteiger partial charge is 0.323 e. The van der Waals surface area contributed by atoms with E-state index >= 15 is 0 Å². The molecule has 1 fully saturated rings. The lowest BCUT2D eigenvalue weighted by molar-refractivity contribution is 0.0896. The van der Waals surface area contributed by atoms with Crippen molar-refractivity contribution in [2.45, 2.75) is 19.3 Å². The van der Waals surface area contributed by atoms with Crippen LogP contribution in [0.5, 0.6) is 0 Å². The van der Waals surface area contributed by atoms with E-state index in [0.29, 0.717) is 17.2 Å². The molecule has 1 heterocycles. The fourth-order valence-electron chi connectivity index (χ4n) is 4.29. The van der Waals surface area contributed by atoms with Gasteiger partial charge >= 0.3 is 6.03 Å². The first-order valence-corrected chi connectivity index (χ1v) is 11.4. The van der Waals surface area contributed by atoms with Gasteiger partial charge in [-0.3, -0.25) is 9.69 Å². The first-order valence-electron chi connectivity index (χ1n) is 11.4. The van der Waals surface area contributed by atoms with Crippen LogP contribution in [0, 0.1) is 17.6 Å².